The monoisotopic (exact) mass is 440 g/mol. The molecule has 1 amide bonds. The average Bonchev–Trinajstić information content (AvgIpc) is 3.37. The lowest BCUT2D eigenvalue weighted by Crippen LogP contribution is -2.33. The Hall–Kier alpha value is -3.60. The molecule has 1 unspecified atom stereocenters. The standard InChI is InChI=1S/C28H28N2O3/c1-32-25-18-23-20(17-26(25)33-22-14-8-9-15-22)16-24(28(31)29-21-12-6-3-7-13-21)30-27(23)19-10-4-2-5-11-19/h2-7,10-13,17-18,22,24H,8-9,14-16H2,1H3,(H,29,31). The van der Waals surface area contributed by atoms with Gasteiger partial charge in [-0.15, -0.1) is 0 Å². The van der Waals surface area contributed by atoms with Crippen molar-refractivity contribution in [2.75, 3.05) is 12.4 Å². The Kier molecular flexibility index (Phi) is 6.11. The van der Waals surface area contributed by atoms with Crippen molar-refractivity contribution in [3.63, 3.8) is 0 Å². The van der Waals surface area contributed by atoms with E-state index in [0.717, 1.165) is 46.7 Å². The van der Waals surface area contributed by atoms with Crippen molar-refractivity contribution in [1.82, 2.24) is 0 Å². The summed E-state index contributed by atoms with van der Waals surface area (Å²) in [6.07, 6.45) is 5.27. The van der Waals surface area contributed by atoms with E-state index in [0.29, 0.717) is 12.2 Å². The van der Waals surface area contributed by atoms with E-state index in [4.69, 9.17) is 14.5 Å². The maximum Gasteiger partial charge on any atom is 0.249 e. The molecule has 33 heavy (non-hydrogen) atoms. The summed E-state index contributed by atoms with van der Waals surface area (Å²) in [6, 6.07) is 23.0. The number of benzene rings is 3. The van der Waals surface area contributed by atoms with Crippen LogP contribution in [0.1, 0.15) is 42.4 Å². The minimum absolute atomic E-state index is 0.116. The summed E-state index contributed by atoms with van der Waals surface area (Å²) in [6.45, 7) is 0. The highest BCUT2D eigenvalue weighted by Gasteiger charge is 2.29. The van der Waals surface area contributed by atoms with Crippen LogP contribution in [-0.4, -0.2) is 30.9 Å². The Morgan fingerprint density at radius 2 is 1.64 bits per heavy atom. The number of anilines is 1. The Labute approximate surface area is 194 Å². The van der Waals surface area contributed by atoms with E-state index in [9.17, 15) is 4.79 Å². The van der Waals surface area contributed by atoms with Gasteiger partial charge in [0.05, 0.1) is 18.9 Å². The normalized spacial score (nSPS) is 17.7. The number of fused-ring (bicyclic) bond motifs is 1. The van der Waals surface area contributed by atoms with Crippen LogP contribution in [0.5, 0.6) is 11.5 Å². The van der Waals surface area contributed by atoms with Gasteiger partial charge in [0.2, 0.25) is 5.91 Å². The summed E-state index contributed by atoms with van der Waals surface area (Å²) in [5.74, 6) is 1.34. The number of methoxy groups -OCH3 is 1. The van der Waals surface area contributed by atoms with Crippen molar-refractivity contribution < 1.29 is 14.3 Å². The number of carbonyl (C=O) groups excluding carboxylic acids is 1. The van der Waals surface area contributed by atoms with E-state index in [1.165, 1.54) is 12.8 Å². The second kappa shape index (κ2) is 9.49. The fourth-order valence-corrected chi connectivity index (χ4v) is 4.63. The fraction of sp³-hybridized carbons (Fsp3) is 0.286. The van der Waals surface area contributed by atoms with Crippen LogP contribution >= 0.6 is 0 Å². The molecular weight excluding hydrogens is 412 g/mol. The van der Waals surface area contributed by atoms with E-state index < -0.39 is 6.04 Å². The zero-order chi connectivity index (χ0) is 22.6. The molecule has 168 valence electrons. The second-order valence-corrected chi connectivity index (χ2v) is 8.60. The number of rotatable bonds is 6. The first kappa shape index (κ1) is 21.3. The number of amides is 1. The summed E-state index contributed by atoms with van der Waals surface area (Å²) in [7, 11) is 1.67. The maximum absolute atomic E-state index is 13.2. The molecule has 1 saturated carbocycles. The quantitative estimate of drug-likeness (QED) is 0.557. The van der Waals surface area contributed by atoms with Crippen LogP contribution < -0.4 is 14.8 Å². The topological polar surface area (TPSA) is 59.9 Å². The van der Waals surface area contributed by atoms with Crippen LogP contribution in [0.3, 0.4) is 0 Å². The number of carbonyl (C=O) groups is 1. The lowest BCUT2D eigenvalue weighted by Gasteiger charge is -2.26. The molecule has 0 spiro atoms. The van der Waals surface area contributed by atoms with E-state index in [2.05, 4.69) is 5.32 Å². The first-order valence-corrected chi connectivity index (χ1v) is 11.6. The predicted molar refractivity (Wildman–Crippen MR) is 131 cm³/mol. The Morgan fingerprint density at radius 1 is 0.939 bits per heavy atom. The summed E-state index contributed by atoms with van der Waals surface area (Å²) >= 11 is 0. The van der Waals surface area contributed by atoms with E-state index >= 15 is 0 Å². The van der Waals surface area contributed by atoms with Gasteiger partial charge in [0.25, 0.3) is 0 Å². The number of para-hydroxylation sites is 1. The van der Waals surface area contributed by atoms with Crippen LogP contribution in [0.15, 0.2) is 77.8 Å². The van der Waals surface area contributed by atoms with Gasteiger partial charge in [-0.25, -0.2) is 0 Å². The molecule has 5 nitrogen and oxygen atoms in total. The molecule has 1 aliphatic carbocycles. The fourth-order valence-electron chi connectivity index (χ4n) is 4.63. The van der Waals surface area contributed by atoms with Gasteiger partial charge in [-0.05, 0) is 55.5 Å². The molecule has 0 saturated heterocycles. The van der Waals surface area contributed by atoms with Gasteiger partial charge < -0.3 is 14.8 Å². The van der Waals surface area contributed by atoms with Gasteiger partial charge in [0.15, 0.2) is 11.5 Å². The van der Waals surface area contributed by atoms with Gasteiger partial charge in [-0.2, -0.15) is 0 Å². The molecule has 1 aliphatic heterocycles. The average molecular weight is 441 g/mol. The molecule has 3 aromatic carbocycles. The number of hydrogen-bond acceptors (Lipinski definition) is 4. The van der Waals surface area contributed by atoms with Crippen LogP contribution in [0.4, 0.5) is 5.69 Å². The highest BCUT2D eigenvalue weighted by Crippen LogP contribution is 2.37. The van der Waals surface area contributed by atoms with Crippen molar-refractivity contribution >= 4 is 17.3 Å². The van der Waals surface area contributed by atoms with Crippen molar-refractivity contribution in [2.45, 2.75) is 44.2 Å². The predicted octanol–water partition coefficient (Wildman–Crippen LogP) is 5.42. The lowest BCUT2D eigenvalue weighted by molar-refractivity contribution is -0.117. The Balaban J connectivity index is 1.52. The van der Waals surface area contributed by atoms with Crippen LogP contribution in [0.25, 0.3) is 0 Å². The molecule has 0 radical (unpaired) electrons. The molecule has 5 rings (SSSR count). The molecule has 1 N–H and O–H groups in total. The third-order valence-corrected chi connectivity index (χ3v) is 6.33. The maximum atomic E-state index is 13.2. The minimum Gasteiger partial charge on any atom is -0.493 e. The molecule has 0 bridgehead atoms. The van der Waals surface area contributed by atoms with Gasteiger partial charge in [0, 0.05) is 23.2 Å². The SMILES string of the molecule is COc1cc2c(cc1OC1CCCC1)CC(C(=O)Nc1ccccc1)N=C2c1ccccc1. The molecule has 2 aliphatic rings. The van der Waals surface area contributed by atoms with Gasteiger partial charge in [-0.1, -0.05) is 48.5 Å². The largest absolute Gasteiger partial charge is 0.493 e. The highest BCUT2D eigenvalue weighted by atomic mass is 16.5. The van der Waals surface area contributed by atoms with Crippen molar-refractivity contribution in [2.24, 2.45) is 4.99 Å². The zero-order valence-electron chi connectivity index (χ0n) is 18.8. The van der Waals surface area contributed by atoms with Crippen LogP contribution in [0.2, 0.25) is 0 Å². The summed E-state index contributed by atoms with van der Waals surface area (Å²) < 4.78 is 12.0. The smallest absolute Gasteiger partial charge is 0.249 e. The van der Waals surface area contributed by atoms with Gasteiger partial charge in [0.1, 0.15) is 6.04 Å². The molecule has 3 aromatic rings. The number of nitrogens with zero attached hydrogens (tertiary/aromatic N) is 1. The number of nitrogens with one attached hydrogen (secondary N) is 1. The van der Waals surface area contributed by atoms with Crippen molar-refractivity contribution in [3.05, 3.63) is 89.5 Å². The molecule has 0 aromatic heterocycles. The zero-order valence-corrected chi connectivity index (χ0v) is 18.8. The van der Waals surface area contributed by atoms with Crippen LogP contribution in [-0.2, 0) is 11.2 Å². The number of ether oxygens (including phenoxy) is 2. The first-order valence-electron chi connectivity index (χ1n) is 11.6. The number of hydrogen-bond donors (Lipinski definition) is 1. The molecule has 1 fully saturated rings. The molecule has 5 heteroatoms. The summed E-state index contributed by atoms with van der Waals surface area (Å²) in [5, 5.41) is 3.01. The van der Waals surface area contributed by atoms with E-state index in [-0.39, 0.29) is 12.0 Å². The van der Waals surface area contributed by atoms with E-state index in [1.807, 2.05) is 72.8 Å². The third kappa shape index (κ3) is 4.63. The van der Waals surface area contributed by atoms with Crippen LogP contribution in [0, 0.1) is 0 Å². The molecule has 1 atom stereocenters. The minimum atomic E-state index is -0.527. The first-order chi connectivity index (χ1) is 16.2. The summed E-state index contributed by atoms with van der Waals surface area (Å²) in [4.78, 5) is 18.1. The number of aliphatic imine (C=N–C) groups is 1. The summed E-state index contributed by atoms with van der Waals surface area (Å²) in [5.41, 5.74) is 4.58. The van der Waals surface area contributed by atoms with Crippen molar-refractivity contribution in [1.29, 1.82) is 0 Å². The molecule has 1 heterocycles. The lowest BCUT2D eigenvalue weighted by atomic mass is 9.89. The van der Waals surface area contributed by atoms with E-state index in [1.54, 1.807) is 7.11 Å². The Bertz CT molecular complexity index is 1150. The van der Waals surface area contributed by atoms with Crippen molar-refractivity contribution in [3.8, 4) is 11.5 Å². The Morgan fingerprint density at radius 3 is 2.33 bits per heavy atom. The molecular formula is C28H28N2O3. The van der Waals surface area contributed by atoms with Gasteiger partial charge >= 0.3 is 0 Å². The second-order valence-electron chi connectivity index (χ2n) is 8.60. The highest BCUT2D eigenvalue weighted by molar-refractivity contribution is 6.16. The third-order valence-electron chi connectivity index (χ3n) is 6.33. The van der Waals surface area contributed by atoms with Gasteiger partial charge in [-0.3, -0.25) is 9.79 Å².